The van der Waals surface area contributed by atoms with E-state index in [1.807, 2.05) is 44.2 Å². The summed E-state index contributed by atoms with van der Waals surface area (Å²) >= 11 is 6.15. The predicted molar refractivity (Wildman–Crippen MR) is 98.9 cm³/mol. The number of hydrogen-bond donors (Lipinski definition) is 1. The lowest BCUT2D eigenvalue weighted by Gasteiger charge is -2.27. The second kappa shape index (κ2) is 8.53. The van der Waals surface area contributed by atoms with E-state index in [4.69, 9.17) is 16.3 Å². The Morgan fingerprint density at radius 3 is 2.44 bits per heavy atom. The number of nitrogens with one attached hydrogen (secondary N) is 1. The van der Waals surface area contributed by atoms with Crippen molar-refractivity contribution in [3.63, 3.8) is 0 Å². The van der Waals surface area contributed by atoms with Crippen LogP contribution in [0.5, 0.6) is 0 Å². The van der Waals surface area contributed by atoms with Gasteiger partial charge in [0.05, 0.1) is 23.4 Å². The van der Waals surface area contributed by atoms with Gasteiger partial charge in [0.2, 0.25) is 0 Å². The molecule has 0 spiro atoms. The zero-order chi connectivity index (χ0) is 18.4. The molecule has 1 N–H and O–H groups in total. The molecule has 0 saturated heterocycles. The average molecular weight is 361 g/mol. The van der Waals surface area contributed by atoms with E-state index in [0.29, 0.717) is 22.8 Å². The van der Waals surface area contributed by atoms with Crippen molar-refractivity contribution in [2.24, 2.45) is 0 Å². The van der Waals surface area contributed by atoms with Crippen molar-refractivity contribution in [1.82, 2.24) is 4.90 Å². The number of halogens is 1. The van der Waals surface area contributed by atoms with Gasteiger partial charge in [-0.15, -0.1) is 0 Å². The van der Waals surface area contributed by atoms with Crippen LogP contribution >= 0.6 is 11.6 Å². The van der Waals surface area contributed by atoms with Gasteiger partial charge in [-0.25, -0.2) is 9.59 Å². The van der Waals surface area contributed by atoms with Gasteiger partial charge in [0.1, 0.15) is 0 Å². The Kier molecular flexibility index (Phi) is 6.42. The van der Waals surface area contributed by atoms with Crippen LogP contribution in [0.25, 0.3) is 0 Å². The van der Waals surface area contributed by atoms with Gasteiger partial charge in [0, 0.05) is 12.6 Å². The highest BCUT2D eigenvalue weighted by Gasteiger charge is 2.19. The fourth-order valence-corrected chi connectivity index (χ4v) is 2.49. The molecule has 0 aliphatic heterocycles. The van der Waals surface area contributed by atoms with Gasteiger partial charge in [0.15, 0.2) is 0 Å². The molecule has 0 bridgehead atoms. The fraction of sp³-hybridized carbons (Fsp3) is 0.263. The average Bonchev–Trinajstić information content (AvgIpc) is 2.61. The molecule has 0 atom stereocenters. The molecule has 2 rings (SSSR count). The summed E-state index contributed by atoms with van der Waals surface area (Å²) in [5, 5.41) is 3.13. The number of ether oxygens (including phenoxy) is 1. The minimum Gasteiger partial charge on any atom is -0.465 e. The number of methoxy groups -OCH3 is 1. The summed E-state index contributed by atoms with van der Waals surface area (Å²) < 4.78 is 4.70. The molecule has 0 aromatic heterocycles. The van der Waals surface area contributed by atoms with Crippen molar-refractivity contribution < 1.29 is 14.3 Å². The van der Waals surface area contributed by atoms with Crippen LogP contribution in [0.4, 0.5) is 10.5 Å². The Hall–Kier alpha value is -2.53. The molecule has 0 aliphatic carbocycles. The van der Waals surface area contributed by atoms with Crippen LogP contribution in [0.1, 0.15) is 29.8 Å². The van der Waals surface area contributed by atoms with E-state index in [1.165, 1.54) is 13.2 Å². The van der Waals surface area contributed by atoms with Crippen LogP contribution in [0.3, 0.4) is 0 Å². The maximum atomic E-state index is 12.7. The van der Waals surface area contributed by atoms with Gasteiger partial charge in [-0.05, 0) is 37.6 Å². The number of hydrogen-bond acceptors (Lipinski definition) is 3. The highest BCUT2D eigenvalue weighted by Crippen LogP contribution is 2.24. The van der Waals surface area contributed by atoms with Crippen LogP contribution in [-0.4, -0.2) is 30.1 Å². The molecule has 0 radical (unpaired) electrons. The summed E-state index contributed by atoms with van der Waals surface area (Å²) in [5.41, 5.74) is 1.72. The lowest BCUT2D eigenvalue weighted by atomic mass is 10.2. The number of rotatable bonds is 5. The van der Waals surface area contributed by atoms with Crippen LogP contribution in [0.2, 0.25) is 5.02 Å². The smallest absolute Gasteiger partial charge is 0.337 e. The molecule has 2 aromatic rings. The molecule has 0 unspecified atom stereocenters. The van der Waals surface area contributed by atoms with Crippen molar-refractivity contribution in [3.05, 3.63) is 64.7 Å². The molecule has 132 valence electrons. The van der Waals surface area contributed by atoms with Gasteiger partial charge >= 0.3 is 12.0 Å². The Morgan fingerprint density at radius 2 is 1.84 bits per heavy atom. The van der Waals surface area contributed by atoms with Crippen LogP contribution in [-0.2, 0) is 11.3 Å². The lowest BCUT2D eigenvalue weighted by molar-refractivity contribution is 0.0600. The van der Waals surface area contributed by atoms with E-state index >= 15 is 0 Å². The van der Waals surface area contributed by atoms with Crippen LogP contribution in [0.15, 0.2) is 48.5 Å². The summed E-state index contributed by atoms with van der Waals surface area (Å²) in [7, 11) is 1.30. The summed E-state index contributed by atoms with van der Waals surface area (Å²) in [4.78, 5) is 26.0. The molecular weight excluding hydrogens is 340 g/mol. The number of amides is 2. The molecule has 2 aromatic carbocycles. The molecule has 0 heterocycles. The Balaban J connectivity index is 2.19. The fourth-order valence-electron chi connectivity index (χ4n) is 2.32. The topological polar surface area (TPSA) is 58.6 Å². The molecule has 25 heavy (non-hydrogen) atoms. The molecule has 2 amide bonds. The van der Waals surface area contributed by atoms with Gasteiger partial charge in [-0.1, -0.05) is 41.9 Å². The second-order valence-electron chi connectivity index (χ2n) is 5.82. The minimum absolute atomic E-state index is 0.0113. The van der Waals surface area contributed by atoms with E-state index in [1.54, 1.807) is 17.0 Å². The van der Waals surface area contributed by atoms with Gasteiger partial charge < -0.3 is 15.0 Å². The SMILES string of the molecule is COC(=O)c1ccc(Cl)c(NC(=O)N(Cc2ccccc2)C(C)C)c1. The van der Waals surface area contributed by atoms with Crippen molar-refractivity contribution >= 4 is 29.3 Å². The zero-order valence-corrected chi connectivity index (χ0v) is 15.2. The quantitative estimate of drug-likeness (QED) is 0.794. The van der Waals surface area contributed by atoms with Gasteiger partial charge in [-0.2, -0.15) is 0 Å². The monoisotopic (exact) mass is 360 g/mol. The minimum atomic E-state index is -0.489. The normalized spacial score (nSPS) is 10.4. The van der Waals surface area contributed by atoms with Crippen molar-refractivity contribution in [2.45, 2.75) is 26.4 Å². The number of benzene rings is 2. The first-order valence-electron chi connectivity index (χ1n) is 7.91. The number of carbonyl (C=O) groups excluding carboxylic acids is 2. The summed E-state index contributed by atoms with van der Waals surface area (Å²) in [6.07, 6.45) is 0. The number of nitrogens with zero attached hydrogens (tertiary/aromatic N) is 1. The molecular formula is C19H21ClN2O3. The third-order valence-corrected chi connectivity index (χ3v) is 4.04. The number of anilines is 1. The highest BCUT2D eigenvalue weighted by atomic mass is 35.5. The number of esters is 1. The second-order valence-corrected chi connectivity index (χ2v) is 6.23. The van der Waals surface area contributed by atoms with E-state index in [0.717, 1.165) is 5.56 Å². The first-order valence-corrected chi connectivity index (χ1v) is 8.29. The number of carbonyl (C=O) groups is 2. The van der Waals surface area contributed by atoms with Crippen molar-refractivity contribution in [2.75, 3.05) is 12.4 Å². The molecule has 0 aliphatic rings. The molecule has 5 nitrogen and oxygen atoms in total. The van der Waals surface area contributed by atoms with E-state index in [9.17, 15) is 9.59 Å². The predicted octanol–water partition coefficient (Wildman–Crippen LogP) is 4.57. The summed E-state index contributed by atoms with van der Waals surface area (Å²) in [6.45, 7) is 4.35. The first kappa shape index (κ1) is 18.8. The first-order chi connectivity index (χ1) is 11.9. The van der Waals surface area contributed by atoms with Gasteiger partial charge in [0.25, 0.3) is 0 Å². The van der Waals surface area contributed by atoms with Crippen LogP contribution < -0.4 is 5.32 Å². The van der Waals surface area contributed by atoms with Gasteiger partial charge in [-0.3, -0.25) is 0 Å². The van der Waals surface area contributed by atoms with Crippen molar-refractivity contribution in [3.8, 4) is 0 Å². The number of urea groups is 1. The van der Waals surface area contributed by atoms with E-state index in [2.05, 4.69) is 5.32 Å². The van der Waals surface area contributed by atoms with Crippen LogP contribution in [0, 0.1) is 0 Å². The van der Waals surface area contributed by atoms with E-state index < -0.39 is 5.97 Å². The standard InChI is InChI=1S/C19H21ClN2O3/c1-13(2)22(12-14-7-5-4-6-8-14)19(24)21-17-11-15(18(23)25-3)9-10-16(17)20/h4-11,13H,12H2,1-3H3,(H,21,24). The Morgan fingerprint density at radius 1 is 1.16 bits per heavy atom. The Labute approximate surface area is 152 Å². The summed E-state index contributed by atoms with van der Waals surface area (Å²) in [6, 6.07) is 14.0. The molecule has 0 fully saturated rings. The largest absolute Gasteiger partial charge is 0.465 e. The zero-order valence-electron chi connectivity index (χ0n) is 14.5. The Bertz CT molecular complexity index is 748. The van der Waals surface area contributed by atoms with Crippen molar-refractivity contribution in [1.29, 1.82) is 0 Å². The van der Waals surface area contributed by atoms with E-state index in [-0.39, 0.29) is 12.1 Å². The molecule has 0 saturated carbocycles. The maximum absolute atomic E-state index is 12.7. The third kappa shape index (κ3) is 4.97. The molecule has 6 heteroatoms. The summed E-state index contributed by atoms with van der Waals surface area (Å²) in [5.74, 6) is -0.489. The highest BCUT2D eigenvalue weighted by molar-refractivity contribution is 6.33. The lowest BCUT2D eigenvalue weighted by Crippen LogP contribution is -2.39. The third-order valence-electron chi connectivity index (χ3n) is 3.71. The maximum Gasteiger partial charge on any atom is 0.337 e.